The zero-order chi connectivity index (χ0) is 23.4. The summed E-state index contributed by atoms with van der Waals surface area (Å²) in [6.07, 6.45) is 2.09. The van der Waals surface area contributed by atoms with Crippen molar-refractivity contribution in [2.24, 2.45) is 0 Å². The van der Waals surface area contributed by atoms with E-state index in [2.05, 4.69) is 36.5 Å². The van der Waals surface area contributed by atoms with Crippen molar-refractivity contribution in [1.82, 2.24) is 5.32 Å². The summed E-state index contributed by atoms with van der Waals surface area (Å²) in [5.41, 5.74) is 6.15. The van der Waals surface area contributed by atoms with Crippen molar-refractivity contribution in [1.29, 1.82) is 0 Å². The zero-order valence-corrected chi connectivity index (χ0v) is 19.5. The molecule has 1 N–H and O–H groups in total. The topological polar surface area (TPSA) is 64.6 Å². The number of rotatable bonds is 7. The summed E-state index contributed by atoms with van der Waals surface area (Å²) in [4.78, 5) is 26.7. The molecule has 0 spiro atoms. The first-order chi connectivity index (χ1) is 16.0. The van der Waals surface area contributed by atoms with E-state index in [1.165, 1.54) is 5.56 Å². The van der Waals surface area contributed by atoms with Gasteiger partial charge in [0.15, 0.2) is 5.78 Å². The van der Waals surface area contributed by atoms with E-state index >= 15 is 0 Å². The first-order valence-electron chi connectivity index (χ1n) is 11.6. The molecule has 2 aromatic carbocycles. The molecule has 0 amide bonds. The van der Waals surface area contributed by atoms with Crippen LogP contribution in [0.2, 0.25) is 0 Å². The van der Waals surface area contributed by atoms with Crippen LogP contribution in [0.3, 0.4) is 0 Å². The lowest BCUT2D eigenvalue weighted by Crippen LogP contribution is -2.36. The lowest BCUT2D eigenvalue weighted by Gasteiger charge is -2.36. The Bertz CT molecular complexity index is 1080. The van der Waals surface area contributed by atoms with Gasteiger partial charge in [-0.3, -0.25) is 4.79 Å². The van der Waals surface area contributed by atoms with Gasteiger partial charge in [-0.1, -0.05) is 61.5 Å². The third kappa shape index (κ3) is 4.79. The van der Waals surface area contributed by atoms with E-state index in [0.717, 1.165) is 35.4 Å². The summed E-state index contributed by atoms with van der Waals surface area (Å²) in [6.45, 7) is 4.49. The summed E-state index contributed by atoms with van der Waals surface area (Å²) in [6, 6.07) is 18.4. The van der Waals surface area contributed by atoms with E-state index in [4.69, 9.17) is 9.47 Å². The van der Waals surface area contributed by atoms with Crippen LogP contribution in [0, 0.1) is 0 Å². The molecule has 0 bridgehead atoms. The molecule has 2 aliphatic rings. The number of carbonyl (C=O) groups excluding carboxylic acids is 2. The number of benzene rings is 2. The molecule has 1 aliphatic carbocycles. The minimum Gasteiger partial charge on any atom is -0.460 e. The van der Waals surface area contributed by atoms with Gasteiger partial charge in [-0.2, -0.15) is 0 Å². The van der Waals surface area contributed by atoms with E-state index in [9.17, 15) is 9.59 Å². The highest BCUT2D eigenvalue weighted by Crippen LogP contribution is 2.45. The monoisotopic (exact) mass is 445 g/mol. The summed E-state index contributed by atoms with van der Waals surface area (Å²) >= 11 is 0. The van der Waals surface area contributed by atoms with Crippen LogP contribution in [0.15, 0.2) is 77.1 Å². The number of nitrogens with one attached hydrogen (secondary N) is 1. The Hall–Kier alpha value is -3.18. The van der Waals surface area contributed by atoms with Crippen LogP contribution in [-0.4, -0.2) is 32.1 Å². The number of ketones is 1. The lowest BCUT2D eigenvalue weighted by molar-refractivity contribution is -0.140. The van der Waals surface area contributed by atoms with Gasteiger partial charge in [0.2, 0.25) is 0 Å². The van der Waals surface area contributed by atoms with Crippen molar-refractivity contribution in [2.75, 3.05) is 20.3 Å². The fraction of sp³-hybridized carbons (Fsp3) is 0.357. The maximum absolute atomic E-state index is 13.6. The summed E-state index contributed by atoms with van der Waals surface area (Å²) < 4.78 is 10.5. The van der Waals surface area contributed by atoms with Gasteiger partial charge in [0.25, 0.3) is 0 Å². The van der Waals surface area contributed by atoms with Crippen LogP contribution in [-0.2, 0) is 25.5 Å². The Morgan fingerprint density at radius 3 is 2.39 bits per heavy atom. The molecule has 2 aromatic rings. The number of aryl methyl sites for hydroxylation is 1. The molecule has 0 unspecified atom stereocenters. The van der Waals surface area contributed by atoms with Crippen molar-refractivity contribution in [3.63, 3.8) is 0 Å². The molecular formula is C28H31NO4. The van der Waals surface area contributed by atoms with Gasteiger partial charge < -0.3 is 14.8 Å². The number of ether oxygens (including phenoxy) is 2. The van der Waals surface area contributed by atoms with Crippen LogP contribution < -0.4 is 5.32 Å². The Kier molecular flexibility index (Phi) is 7.09. The molecule has 2 atom stereocenters. The van der Waals surface area contributed by atoms with Crippen molar-refractivity contribution >= 4 is 11.8 Å². The molecule has 5 heteroatoms. The predicted octanol–water partition coefficient (Wildman–Crippen LogP) is 4.80. The summed E-state index contributed by atoms with van der Waals surface area (Å²) in [5, 5.41) is 3.40. The minimum atomic E-state index is -0.438. The van der Waals surface area contributed by atoms with Gasteiger partial charge >= 0.3 is 5.97 Å². The van der Waals surface area contributed by atoms with Crippen LogP contribution in [0.5, 0.6) is 0 Å². The number of carbonyl (C=O) groups is 2. The molecule has 33 heavy (non-hydrogen) atoms. The fourth-order valence-corrected chi connectivity index (χ4v) is 4.85. The SMILES string of the molecule is CCc1ccc([C@H]2C(C(=O)OCCOC)=C(C)NC3=C2C(=O)C[C@H](c2ccccc2)C3)cc1. The molecule has 172 valence electrons. The Balaban J connectivity index is 1.74. The predicted molar refractivity (Wildman–Crippen MR) is 128 cm³/mol. The second kappa shape index (κ2) is 10.2. The lowest BCUT2D eigenvalue weighted by atomic mass is 9.71. The second-order valence-corrected chi connectivity index (χ2v) is 8.65. The molecule has 4 rings (SSSR count). The first kappa shape index (κ1) is 23.0. The zero-order valence-electron chi connectivity index (χ0n) is 19.5. The molecule has 0 saturated carbocycles. The highest BCUT2D eigenvalue weighted by atomic mass is 16.6. The van der Waals surface area contributed by atoms with E-state index in [1.54, 1.807) is 7.11 Å². The van der Waals surface area contributed by atoms with Crippen LogP contribution in [0.1, 0.15) is 55.2 Å². The standard InChI is InChI=1S/C28H31NO4/c1-4-19-10-12-21(13-11-19)26-25(28(31)33-15-14-32-3)18(2)29-23-16-22(17-24(30)27(23)26)20-8-6-5-7-9-20/h5-13,22,26,29H,4,14-17H2,1-3H3/t22-,26+/m1/s1. The molecule has 0 saturated heterocycles. The molecule has 1 aliphatic heterocycles. The van der Waals surface area contributed by atoms with Crippen molar-refractivity contribution in [3.05, 3.63) is 93.8 Å². The normalized spacial score (nSPS) is 20.4. The number of hydrogen-bond donors (Lipinski definition) is 1. The highest BCUT2D eigenvalue weighted by molar-refractivity contribution is 6.04. The smallest absolute Gasteiger partial charge is 0.336 e. The van der Waals surface area contributed by atoms with Gasteiger partial charge in [0.1, 0.15) is 6.61 Å². The summed E-state index contributed by atoms with van der Waals surface area (Å²) in [5.74, 6) is -0.648. The van der Waals surface area contributed by atoms with Gasteiger partial charge in [0.05, 0.1) is 12.2 Å². The molecule has 0 fully saturated rings. The fourth-order valence-electron chi connectivity index (χ4n) is 4.85. The van der Waals surface area contributed by atoms with E-state index < -0.39 is 11.9 Å². The van der Waals surface area contributed by atoms with E-state index in [0.29, 0.717) is 24.2 Å². The molecule has 0 aromatic heterocycles. The number of dihydropyridines is 1. The third-order valence-electron chi connectivity index (χ3n) is 6.56. The van der Waals surface area contributed by atoms with Crippen LogP contribution in [0.4, 0.5) is 0 Å². The third-order valence-corrected chi connectivity index (χ3v) is 6.56. The van der Waals surface area contributed by atoms with Gasteiger partial charge in [-0.25, -0.2) is 4.79 Å². The van der Waals surface area contributed by atoms with E-state index in [-0.39, 0.29) is 18.3 Å². The molecular weight excluding hydrogens is 414 g/mol. The maximum Gasteiger partial charge on any atom is 0.336 e. The molecule has 1 heterocycles. The number of hydrogen-bond acceptors (Lipinski definition) is 5. The maximum atomic E-state index is 13.6. The van der Waals surface area contributed by atoms with Gasteiger partial charge in [0, 0.05) is 36.4 Å². The highest BCUT2D eigenvalue weighted by Gasteiger charge is 2.41. The van der Waals surface area contributed by atoms with Crippen LogP contribution in [0.25, 0.3) is 0 Å². The largest absolute Gasteiger partial charge is 0.460 e. The molecule has 0 radical (unpaired) electrons. The Morgan fingerprint density at radius 1 is 1.00 bits per heavy atom. The number of esters is 1. The van der Waals surface area contributed by atoms with Crippen molar-refractivity contribution in [3.8, 4) is 0 Å². The first-order valence-corrected chi connectivity index (χ1v) is 11.6. The average Bonchev–Trinajstić information content (AvgIpc) is 2.83. The second-order valence-electron chi connectivity index (χ2n) is 8.65. The van der Waals surface area contributed by atoms with Gasteiger partial charge in [-0.05, 0) is 42.4 Å². The summed E-state index contributed by atoms with van der Waals surface area (Å²) in [7, 11) is 1.57. The number of Topliss-reactive ketones (excluding diaryl/α,β-unsaturated/α-hetero) is 1. The van der Waals surface area contributed by atoms with Gasteiger partial charge in [-0.15, -0.1) is 0 Å². The van der Waals surface area contributed by atoms with Crippen LogP contribution >= 0.6 is 0 Å². The Morgan fingerprint density at radius 2 is 1.73 bits per heavy atom. The molecule has 5 nitrogen and oxygen atoms in total. The minimum absolute atomic E-state index is 0.0804. The number of allylic oxidation sites excluding steroid dienone is 3. The average molecular weight is 446 g/mol. The van der Waals surface area contributed by atoms with E-state index in [1.807, 2.05) is 37.3 Å². The Labute approximate surface area is 195 Å². The van der Waals surface area contributed by atoms with Crippen molar-refractivity contribution < 1.29 is 19.1 Å². The van der Waals surface area contributed by atoms with Crippen molar-refractivity contribution in [2.45, 2.75) is 44.9 Å². The quantitative estimate of drug-likeness (QED) is 0.490. The number of methoxy groups -OCH3 is 1.